The maximum absolute atomic E-state index is 13.7. The molecule has 1 aromatic carbocycles. The van der Waals surface area contributed by atoms with Crippen LogP contribution in [0.3, 0.4) is 0 Å². The summed E-state index contributed by atoms with van der Waals surface area (Å²) in [6.45, 7) is 4.33. The Bertz CT molecular complexity index is 696. The monoisotopic (exact) mass is 378 g/mol. The number of nitrogens with one attached hydrogen (secondary N) is 1. The molecule has 148 valence electrons. The minimum atomic E-state index is -0.880. The highest BCUT2D eigenvalue weighted by Gasteiger charge is 2.53. The zero-order valence-corrected chi connectivity index (χ0v) is 15.4. The van der Waals surface area contributed by atoms with Crippen molar-refractivity contribution in [3.8, 4) is 0 Å². The fourth-order valence-corrected chi connectivity index (χ4v) is 4.82. The molecule has 0 bridgehead atoms. The van der Waals surface area contributed by atoms with Crippen LogP contribution in [0.2, 0.25) is 0 Å². The molecular weight excluding hydrogens is 351 g/mol. The molecule has 1 aliphatic carbocycles. The Morgan fingerprint density at radius 2 is 1.93 bits per heavy atom. The van der Waals surface area contributed by atoms with E-state index in [1.165, 1.54) is 6.07 Å². The molecule has 0 radical (unpaired) electrons. The van der Waals surface area contributed by atoms with E-state index in [2.05, 4.69) is 5.32 Å². The summed E-state index contributed by atoms with van der Waals surface area (Å²) >= 11 is 0. The highest BCUT2D eigenvalue weighted by atomic mass is 19.1. The van der Waals surface area contributed by atoms with Gasteiger partial charge < -0.3 is 25.2 Å². The Morgan fingerprint density at radius 1 is 1.22 bits per heavy atom. The second kappa shape index (κ2) is 7.47. The highest BCUT2D eigenvalue weighted by Crippen LogP contribution is 2.42. The second-order valence-electron chi connectivity index (χ2n) is 8.12. The van der Waals surface area contributed by atoms with Crippen molar-refractivity contribution in [1.29, 1.82) is 0 Å². The Balaban J connectivity index is 1.34. The Kier molecular flexibility index (Phi) is 5.20. The Hall–Kier alpha value is -1.54. The standard InChI is InChI=1S/C20H27FN2O4/c1-11-17(14-6-22-7-15(14)19(25)18(11)24)20(26)23-8-13(9-23)27-10-12-4-2-3-5-16(12)21/h2-5,11,13-15,17-19,22,24-25H,6-10H2,1H3/t11-,14+,15+,17+,18+,19+/m1/s1. The van der Waals surface area contributed by atoms with Crippen LogP contribution >= 0.6 is 0 Å². The maximum Gasteiger partial charge on any atom is 0.226 e. The fourth-order valence-electron chi connectivity index (χ4n) is 4.82. The summed E-state index contributed by atoms with van der Waals surface area (Å²) in [6.07, 6.45) is -1.76. The average Bonchev–Trinajstić information content (AvgIpc) is 3.09. The fraction of sp³-hybridized carbons (Fsp3) is 0.650. The van der Waals surface area contributed by atoms with Crippen LogP contribution in [0.15, 0.2) is 24.3 Å². The lowest BCUT2D eigenvalue weighted by Gasteiger charge is -2.48. The summed E-state index contributed by atoms with van der Waals surface area (Å²) in [5, 5.41) is 23.9. The van der Waals surface area contributed by atoms with E-state index in [0.717, 1.165) is 0 Å². The molecule has 6 nitrogen and oxygen atoms in total. The minimum absolute atomic E-state index is 0.0258. The third-order valence-corrected chi connectivity index (χ3v) is 6.54. The SMILES string of the molecule is C[C@H]1[C@H](O)[C@@H](O)[C@H]2CNC[C@@H]2[C@H]1C(=O)N1CC(OCc2ccccc2F)C1. The van der Waals surface area contributed by atoms with Gasteiger partial charge >= 0.3 is 0 Å². The number of halogens is 1. The van der Waals surface area contributed by atoms with E-state index in [1.54, 1.807) is 23.1 Å². The number of ether oxygens (including phenoxy) is 1. The maximum atomic E-state index is 13.7. The number of hydrogen-bond donors (Lipinski definition) is 3. The number of nitrogens with zero attached hydrogens (tertiary/aromatic N) is 1. The molecule has 27 heavy (non-hydrogen) atoms. The molecule has 1 aromatic rings. The average molecular weight is 378 g/mol. The van der Waals surface area contributed by atoms with Crippen LogP contribution in [0.1, 0.15) is 12.5 Å². The van der Waals surface area contributed by atoms with Crippen molar-refractivity contribution in [1.82, 2.24) is 10.2 Å². The molecule has 1 amide bonds. The van der Waals surface area contributed by atoms with Crippen LogP contribution in [0.4, 0.5) is 4.39 Å². The highest BCUT2D eigenvalue weighted by molar-refractivity contribution is 5.80. The van der Waals surface area contributed by atoms with Crippen LogP contribution in [0.25, 0.3) is 0 Å². The summed E-state index contributed by atoms with van der Waals surface area (Å²) in [5.74, 6) is -0.877. The first-order valence-electron chi connectivity index (χ1n) is 9.68. The molecule has 2 aliphatic heterocycles. The Morgan fingerprint density at radius 3 is 2.67 bits per heavy atom. The van der Waals surface area contributed by atoms with Crippen LogP contribution in [0, 0.1) is 29.5 Å². The molecule has 2 saturated heterocycles. The normalized spacial score (nSPS) is 36.4. The molecule has 2 heterocycles. The lowest BCUT2D eigenvalue weighted by molar-refractivity contribution is -0.167. The molecule has 0 aromatic heterocycles. The summed E-state index contributed by atoms with van der Waals surface area (Å²) in [5.41, 5.74) is 0.514. The smallest absolute Gasteiger partial charge is 0.226 e. The predicted molar refractivity (Wildman–Crippen MR) is 96.1 cm³/mol. The van der Waals surface area contributed by atoms with E-state index in [0.29, 0.717) is 31.7 Å². The number of carbonyl (C=O) groups excluding carboxylic acids is 1. The van der Waals surface area contributed by atoms with Crippen molar-refractivity contribution in [2.45, 2.75) is 31.8 Å². The van der Waals surface area contributed by atoms with Gasteiger partial charge in [0.05, 0.1) is 24.9 Å². The quantitative estimate of drug-likeness (QED) is 0.706. The number of rotatable bonds is 4. The van der Waals surface area contributed by atoms with Gasteiger partial charge in [-0.2, -0.15) is 0 Å². The van der Waals surface area contributed by atoms with E-state index in [1.807, 2.05) is 6.92 Å². The third kappa shape index (κ3) is 3.38. The number of hydrogen-bond acceptors (Lipinski definition) is 5. The summed E-state index contributed by atoms with van der Waals surface area (Å²) in [4.78, 5) is 14.8. The first-order chi connectivity index (χ1) is 13.0. The second-order valence-corrected chi connectivity index (χ2v) is 8.12. The van der Waals surface area contributed by atoms with Crippen LogP contribution in [0.5, 0.6) is 0 Å². The summed E-state index contributed by atoms with van der Waals surface area (Å²) in [7, 11) is 0. The van der Waals surface area contributed by atoms with Crippen LogP contribution < -0.4 is 5.32 Å². The molecular formula is C20H27FN2O4. The lowest BCUT2D eigenvalue weighted by atomic mass is 9.65. The number of aliphatic hydroxyl groups is 2. The molecule has 1 saturated carbocycles. The molecule has 3 fully saturated rings. The van der Waals surface area contributed by atoms with E-state index >= 15 is 0 Å². The van der Waals surface area contributed by atoms with Crippen LogP contribution in [-0.2, 0) is 16.1 Å². The van der Waals surface area contributed by atoms with Gasteiger partial charge in [-0.3, -0.25) is 4.79 Å². The van der Waals surface area contributed by atoms with Crippen molar-refractivity contribution >= 4 is 5.91 Å². The van der Waals surface area contributed by atoms with Crippen molar-refractivity contribution in [3.05, 3.63) is 35.6 Å². The van der Waals surface area contributed by atoms with Gasteiger partial charge in [-0.05, 0) is 24.4 Å². The van der Waals surface area contributed by atoms with Gasteiger partial charge in [0.2, 0.25) is 5.91 Å². The van der Waals surface area contributed by atoms with Gasteiger partial charge in [-0.15, -0.1) is 0 Å². The zero-order valence-electron chi connectivity index (χ0n) is 15.4. The molecule has 4 rings (SSSR count). The summed E-state index contributed by atoms with van der Waals surface area (Å²) in [6, 6.07) is 6.52. The Labute approximate surface area is 158 Å². The van der Waals surface area contributed by atoms with Gasteiger partial charge in [0, 0.05) is 37.0 Å². The largest absolute Gasteiger partial charge is 0.390 e. The van der Waals surface area contributed by atoms with E-state index < -0.39 is 12.2 Å². The van der Waals surface area contributed by atoms with Crippen LogP contribution in [-0.4, -0.2) is 65.5 Å². The van der Waals surface area contributed by atoms with E-state index in [9.17, 15) is 19.4 Å². The molecule has 7 heteroatoms. The number of likely N-dealkylation sites (tertiary alicyclic amines) is 1. The van der Waals surface area contributed by atoms with Crippen molar-refractivity contribution in [2.24, 2.45) is 23.7 Å². The molecule has 0 unspecified atom stereocenters. The number of carbonyl (C=O) groups is 1. The number of amides is 1. The molecule has 3 N–H and O–H groups in total. The van der Waals surface area contributed by atoms with Crippen molar-refractivity contribution in [3.63, 3.8) is 0 Å². The third-order valence-electron chi connectivity index (χ3n) is 6.54. The van der Waals surface area contributed by atoms with Gasteiger partial charge in [0.15, 0.2) is 0 Å². The van der Waals surface area contributed by atoms with Gasteiger partial charge in [0.25, 0.3) is 0 Å². The van der Waals surface area contributed by atoms with Gasteiger partial charge in [0.1, 0.15) is 5.82 Å². The first kappa shape index (κ1) is 18.8. The lowest BCUT2D eigenvalue weighted by Crippen LogP contribution is -2.61. The minimum Gasteiger partial charge on any atom is -0.390 e. The number of fused-ring (bicyclic) bond motifs is 1. The van der Waals surface area contributed by atoms with Crippen molar-refractivity contribution < 1.29 is 24.1 Å². The van der Waals surface area contributed by atoms with Crippen molar-refractivity contribution in [2.75, 3.05) is 26.2 Å². The zero-order chi connectivity index (χ0) is 19.1. The van der Waals surface area contributed by atoms with E-state index in [-0.39, 0.29) is 48.1 Å². The molecule has 3 aliphatic rings. The predicted octanol–water partition coefficient (Wildman–Crippen LogP) is 0.376. The summed E-state index contributed by atoms with van der Waals surface area (Å²) < 4.78 is 19.4. The number of benzene rings is 1. The molecule has 6 atom stereocenters. The van der Waals surface area contributed by atoms with Gasteiger partial charge in [-0.1, -0.05) is 25.1 Å². The number of aliphatic hydroxyl groups excluding tert-OH is 2. The van der Waals surface area contributed by atoms with E-state index in [4.69, 9.17) is 4.74 Å². The first-order valence-corrected chi connectivity index (χ1v) is 9.68. The topological polar surface area (TPSA) is 82.0 Å². The van der Waals surface area contributed by atoms with Gasteiger partial charge in [-0.25, -0.2) is 4.39 Å². The molecule has 0 spiro atoms.